The number of hydrogen-bond donors (Lipinski definition) is 3. The monoisotopic (exact) mass is 304 g/mol. The number of nitrogens with zero attached hydrogens (tertiary/aromatic N) is 1. The highest BCUT2D eigenvalue weighted by atomic mass is 35.5. The number of halogens is 2. The first-order valence-corrected chi connectivity index (χ1v) is 6.20. The van der Waals surface area contributed by atoms with Crippen molar-refractivity contribution in [2.75, 3.05) is 6.61 Å². The van der Waals surface area contributed by atoms with E-state index in [2.05, 4.69) is 10.5 Å². The van der Waals surface area contributed by atoms with E-state index in [9.17, 15) is 4.79 Å². The number of benzene rings is 1. The summed E-state index contributed by atoms with van der Waals surface area (Å²) in [7, 11) is 0. The first kappa shape index (κ1) is 15.4. The Bertz CT molecular complexity index is 476. The van der Waals surface area contributed by atoms with Crippen LogP contribution in [0.25, 0.3) is 0 Å². The minimum Gasteiger partial charge on any atom is -0.492 e. The van der Waals surface area contributed by atoms with Crippen LogP contribution < -0.4 is 21.6 Å². The van der Waals surface area contributed by atoms with Crippen LogP contribution in [-0.4, -0.2) is 18.5 Å². The van der Waals surface area contributed by atoms with Crippen molar-refractivity contribution in [2.24, 2.45) is 16.6 Å². The molecular formula is C11H14Cl2N4O2. The van der Waals surface area contributed by atoms with E-state index in [4.69, 9.17) is 39.4 Å². The van der Waals surface area contributed by atoms with Crippen LogP contribution in [-0.2, 0) is 4.79 Å². The molecule has 1 aromatic carbocycles. The van der Waals surface area contributed by atoms with Gasteiger partial charge in [-0.05, 0) is 24.6 Å². The van der Waals surface area contributed by atoms with Crippen LogP contribution in [0.3, 0.4) is 0 Å². The Morgan fingerprint density at radius 2 is 2.11 bits per heavy atom. The van der Waals surface area contributed by atoms with Crippen LogP contribution in [0.5, 0.6) is 5.75 Å². The van der Waals surface area contributed by atoms with Crippen molar-refractivity contribution in [1.82, 2.24) is 5.43 Å². The second-order valence-electron chi connectivity index (χ2n) is 3.60. The van der Waals surface area contributed by atoms with E-state index < -0.39 is 0 Å². The smallest absolute Gasteiger partial charge is 0.240 e. The maximum atomic E-state index is 11.2. The molecule has 0 atom stereocenters. The number of carbonyl (C=O) groups excluding carboxylic acids is 1. The van der Waals surface area contributed by atoms with Gasteiger partial charge in [0.1, 0.15) is 5.75 Å². The summed E-state index contributed by atoms with van der Waals surface area (Å²) in [6, 6.07) is 4.93. The van der Waals surface area contributed by atoms with E-state index in [0.717, 1.165) is 0 Å². The lowest BCUT2D eigenvalue weighted by Gasteiger charge is -2.07. The molecule has 6 nitrogen and oxygen atoms in total. The van der Waals surface area contributed by atoms with E-state index >= 15 is 0 Å². The van der Waals surface area contributed by atoms with Crippen LogP contribution in [0.2, 0.25) is 10.0 Å². The lowest BCUT2D eigenvalue weighted by atomic mass is 10.3. The van der Waals surface area contributed by atoms with Gasteiger partial charge in [0.05, 0.1) is 11.6 Å². The molecule has 0 aromatic heterocycles. The highest BCUT2D eigenvalue weighted by molar-refractivity contribution is 6.35. The number of rotatable bonds is 6. The molecule has 0 unspecified atom stereocenters. The molecule has 1 rings (SSSR count). The van der Waals surface area contributed by atoms with Crippen molar-refractivity contribution in [2.45, 2.75) is 12.8 Å². The molecule has 8 heteroatoms. The van der Waals surface area contributed by atoms with Gasteiger partial charge in [0, 0.05) is 11.4 Å². The standard InChI is InChI=1S/C11H14Cl2N4O2/c12-7-3-4-9(8(13)6-7)19-5-1-2-10(18)16-17-11(14)15/h3-4,6H,1-2,5H2,(H,16,18)(H4,14,15,17). The van der Waals surface area contributed by atoms with Gasteiger partial charge >= 0.3 is 0 Å². The number of amides is 1. The van der Waals surface area contributed by atoms with Gasteiger partial charge in [0.2, 0.25) is 11.9 Å². The molecule has 0 bridgehead atoms. The molecule has 1 aromatic rings. The minimum atomic E-state index is -0.292. The van der Waals surface area contributed by atoms with Crippen LogP contribution >= 0.6 is 23.2 Å². The summed E-state index contributed by atoms with van der Waals surface area (Å²) in [6.45, 7) is 0.344. The lowest BCUT2D eigenvalue weighted by molar-refractivity contribution is -0.121. The van der Waals surface area contributed by atoms with E-state index in [1.54, 1.807) is 18.2 Å². The van der Waals surface area contributed by atoms with Gasteiger partial charge < -0.3 is 16.2 Å². The Balaban J connectivity index is 2.27. The largest absolute Gasteiger partial charge is 0.492 e. The molecule has 0 aliphatic carbocycles. The van der Waals surface area contributed by atoms with Gasteiger partial charge in [-0.1, -0.05) is 23.2 Å². The summed E-state index contributed by atoms with van der Waals surface area (Å²) in [5.74, 6) is 0.0347. The van der Waals surface area contributed by atoms with Crippen molar-refractivity contribution >= 4 is 35.1 Å². The van der Waals surface area contributed by atoms with Gasteiger partial charge in [-0.15, -0.1) is 5.10 Å². The molecule has 0 spiro atoms. The fourth-order valence-electron chi connectivity index (χ4n) is 1.19. The third-order valence-electron chi connectivity index (χ3n) is 2.01. The second kappa shape index (κ2) is 7.70. The summed E-state index contributed by atoms with van der Waals surface area (Å²) in [5, 5.41) is 4.35. The van der Waals surface area contributed by atoms with Crippen molar-refractivity contribution < 1.29 is 9.53 Å². The predicted molar refractivity (Wildman–Crippen MR) is 75.1 cm³/mol. The van der Waals surface area contributed by atoms with Crippen molar-refractivity contribution in [3.63, 3.8) is 0 Å². The number of nitrogens with two attached hydrogens (primary N) is 2. The van der Waals surface area contributed by atoms with Crippen LogP contribution in [0, 0.1) is 0 Å². The predicted octanol–water partition coefficient (Wildman–Crippen LogP) is 1.46. The van der Waals surface area contributed by atoms with Gasteiger partial charge in [0.25, 0.3) is 0 Å². The Morgan fingerprint density at radius 1 is 1.37 bits per heavy atom. The highest BCUT2D eigenvalue weighted by Gasteiger charge is 2.04. The SMILES string of the molecule is NC(N)=NNC(=O)CCCOc1ccc(Cl)cc1Cl. The summed E-state index contributed by atoms with van der Waals surface area (Å²) >= 11 is 11.7. The zero-order valence-corrected chi connectivity index (χ0v) is 11.5. The normalized spacial score (nSPS) is 9.79. The first-order chi connectivity index (χ1) is 8.99. The lowest BCUT2D eigenvalue weighted by Crippen LogP contribution is -2.29. The number of hydrazone groups is 1. The zero-order valence-electron chi connectivity index (χ0n) is 10.0. The minimum absolute atomic E-state index is 0.197. The van der Waals surface area contributed by atoms with Gasteiger partial charge in [-0.3, -0.25) is 4.79 Å². The van der Waals surface area contributed by atoms with Crippen molar-refractivity contribution in [3.8, 4) is 5.75 Å². The third kappa shape index (κ3) is 6.17. The molecule has 0 aliphatic heterocycles. The number of ether oxygens (including phenoxy) is 1. The Kier molecular flexibility index (Phi) is 6.24. The molecule has 19 heavy (non-hydrogen) atoms. The molecular weight excluding hydrogens is 291 g/mol. The van der Waals surface area contributed by atoms with E-state index in [1.165, 1.54) is 0 Å². The Hall–Kier alpha value is -1.66. The summed E-state index contributed by atoms with van der Waals surface area (Å²) < 4.78 is 5.41. The van der Waals surface area contributed by atoms with Crippen LogP contribution in [0.15, 0.2) is 23.3 Å². The highest BCUT2D eigenvalue weighted by Crippen LogP contribution is 2.27. The molecule has 5 N–H and O–H groups in total. The average molecular weight is 305 g/mol. The topological polar surface area (TPSA) is 103 Å². The fourth-order valence-corrected chi connectivity index (χ4v) is 1.65. The first-order valence-electron chi connectivity index (χ1n) is 5.44. The molecule has 0 radical (unpaired) electrons. The van der Waals surface area contributed by atoms with E-state index in [0.29, 0.717) is 28.8 Å². The summed E-state index contributed by atoms with van der Waals surface area (Å²) in [6.07, 6.45) is 0.743. The van der Waals surface area contributed by atoms with Crippen molar-refractivity contribution in [3.05, 3.63) is 28.2 Å². The zero-order chi connectivity index (χ0) is 14.3. The Labute approximate surface area is 120 Å². The number of hydrogen-bond acceptors (Lipinski definition) is 3. The number of guanidine groups is 1. The van der Waals surface area contributed by atoms with Crippen molar-refractivity contribution in [1.29, 1.82) is 0 Å². The molecule has 0 fully saturated rings. The maximum absolute atomic E-state index is 11.2. The van der Waals surface area contributed by atoms with Crippen LogP contribution in [0.4, 0.5) is 0 Å². The Morgan fingerprint density at radius 3 is 2.74 bits per heavy atom. The molecule has 0 saturated carbocycles. The fraction of sp³-hybridized carbons (Fsp3) is 0.273. The molecule has 1 amide bonds. The van der Waals surface area contributed by atoms with E-state index in [1.807, 2.05) is 0 Å². The number of nitrogens with one attached hydrogen (secondary N) is 1. The van der Waals surface area contributed by atoms with Gasteiger partial charge in [-0.25, -0.2) is 5.43 Å². The third-order valence-corrected chi connectivity index (χ3v) is 2.54. The summed E-state index contributed by atoms with van der Waals surface area (Å²) in [5.41, 5.74) is 12.3. The van der Waals surface area contributed by atoms with Gasteiger partial charge in [-0.2, -0.15) is 0 Å². The number of carbonyl (C=O) groups is 1. The molecule has 0 saturated heterocycles. The quantitative estimate of drug-likeness (QED) is 0.320. The van der Waals surface area contributed by atoms with Gasteiger partial charge in [0.15, 0.2) is 0 Å². The maximum Gasteiger partial charge on any atom is 0.240 e. The molecule has 104 valence electrons. The van der Waals surface area contributed by atoms with E-state index in [-0.39, 0.29) is 18.3 Å². The summed E-state index contributed by atoms with van der Waals surface area (Å²) in [4.78, 5) is 11.2. The van der Waals surface area contributed by atoms with Crippen LogP contribution in [0.1, 0.15) is 12.8 Å². The second-order valence-corrected chi connectivity index (χ2v) is 4.44. The molecule has 0 aliphatic rings. The molecule has 0 heterocycles. The average Bonchev–Trinajstić information content (AvgIpc) is 2.34.